The number of aliphatic hydroxyl groups is 1. The lowest BCUT2D eigenvalue weighted by atomic mass is 9.90. The molecule has 0 aromatic rings. The number of aliphatic hydroxyl groups excluding tert-OH is 1. The highest BCUT2D eigenvalue weighted by molar-refractivity contribution is 5.61. The Balaban J connectivity index is 2.10. The van der Waals surface area contributed by atoms with E-state index in [4.69, 9.17) is 9.47 Å². The topological polar surface area (TPSA) is 59.0 Å². The standard InChI is InChI=1S/C13H19NO4/c1-17-13(10-14-4-6-18-7-5-14)3-2-11(9-15)8-12(13)16/h2-3,8-9,11,16H,4-7,10H2,1H3. The van der Waals surface area contributed by atoms with Crippen LogP contribution in [0.25, 0.3) is 0 Å². The highest BCUT2D eigenvalue weighted by atomic mass is 16.5. The number of allylic oxidation sites excluding steroid dienone is 2. The van der Waals surface area contributed by atoms with Crippen LogP contribution in [-0.2, 0) is 14.3 Å². The van der Waals surface area contributed by atoms with Crippen molar-refractivity contribution in [2.24, 2.45) is 5.92 Å². The van der Waals surface area contributed by atoms with Gasteiger partial charge in [0.2, 0.25) is 0 Å². The molecule has 2 atom stereocenters. The van der Waals surface area contributed by atoms with Crippen molar-refractivity contribution in [2.75, 3.05) is 40.0 Å². The Morgan fingerprint density at radius 2 is 2.33 bits per heavy atom. The predicted octanol–water partition coefficient (Wildman–Crippen LogP) is 0.531. The van der Waals surface area contributed by atoms with Gasteiger partial charge in [0.25, 0.3) is 0 Å². The Bertz CT molecular complexity index is 360. The van der Waals surface area contributed by atoms with Gasteiger partial charge in [0.15, 0.2) is 5.60 Å². The summed E-state index contributed by atoms with van der Waals surface area (Å²) in [6.07, 6.45) is 5.87. The second kappa shape index (κ2) is 5.65. The van der Waals surface area contributed by atoms with Crippen LogP contribution < -0.4 is 0 Å². The van der Waals surface area contributed by atoms with Gasteiger partial charge < -0.3 is 19.4 Å². The van der Waals surface area contributed by atoms with Gasteiger partial charge in [-0.25, -0.2) is 0 Å². The van der Waals surface area contributed by atoms with Crippen molar-refractivity contribution >= 4 is 6.29 Å². The molecule has 2 unspecified atom stereocenters. The van der Waals surface area contributed by atoms with Gasteiger partial charge >= 0.3 is 0 Å². The maximum atomic E-state index is 10.7. The molecule has 1 aliphatic carbocycles. The average molecular weight is 253 g/mol. The monoisotopic (exact) mass is 253 g/mol. The number of morpholine rings is 1. The van der Waals surface area contributed by atoms with Gasteiger partial charge in [-0.3, -0.25) is 4.90 Å². The SMILES string of the molecule is COC1(CN2CCOCC2)C=CC(C=O)C=C1O. The number of carbonyl (C=O) groups excluding carboxylic acids is 1. The average Bonchev–Trinajstić information content (AvgIpc) is 2.42. The summed E-state index contributed by atoms with van der Waals surface area (Å²) in [5.41, 5.74) is -0.836. The van der Waals surface area contributed by atoms with E-state index in [2.05, 4.69) is 4.90 Å². The summed E-state index contributed by atoms with van der Waals surface area (Å²) in [7, 11) is 1.57. The van der Waals surface area contributed by atoms with E-state index in [0.717, 1.165) is 19.4 Å². The minimum absolute atomic E-state index is 0.107. The van der Waals surface area contributed by atoms with Crippen LogP contribution in [0.4, 0.5) is 0 Å². The van der Waals surface area contributed by atoms with Crippen molar-refractivity contribution in [1.82, 2.24) is 4.90 Å². The van der Waals surface area contributed by atoms with Crippen molar-refractivity contribution in [1.29, 1.82) is 0 Å². The number of aldehydes is 1. The maximum absolute atomic E-state index is 10.7. The fourth-order valence-corrected chi connectivity index (χ4v) is 2.28. The van der Waals surface area contributed by atoms with Crippen LogP contribution in [0, 0.1) is 5.92 Å². The zero-order valence-corrected chi connectivity index (χ0v) is 10.5. The van der Waals surface area contributed by atoms with Crippen molar-refractivity contribution in [3.05, 3.63) is 24.0 Å². The van der Waals surface area contributed by atoms with E-state index in [0.29, 0.717) is 19.8 Å². The second-order valence-electron chi connectivity index (χ2n) is 4.61. The molecule has 0 spiro atoms. The third kappa shape index (κ3) is 2.63. The highest BCUT2D eigenvalue weighted by Crippen LogP contribution is 2.28. The molecule has 1 fully saturated rings. The molecular weight excluding hydrogens is 234 g/mol. The van der Waals surface area contributed by atoms with Gasteiger partial charge in [-0.2, -0.15) is 0 Å². The molecule has 0 aromatic heterocycles. The summed E-state index contributed by atoms with van der Waals surface area (Å²) in [5, 5.41) is 10.1. The molecule has 0 amide bonds. The summed E-state index contributed by atoms with van der Waals surface area (Å²) < 4.78 is 10.8. The molecular formula is C13H19NO4. The predicted molar refractivity (Wildman–Crippen MR) is 66.4 cm³/mol. The van der Waals surface area contributed by atoms with E-state index >= 15 is 0 Å². The summed E-state index contributed by atoms with van der Waals surface area (Å²) in [5.74, 6) is -0.256. The molecule has 100 valence electrons. The third-order valence-corrected chi connectivity index (χ3v) is 3.46. The lowest BCUT2D eigenvalue weighted by molar-refractivity contribution is -0.109. The summed E-state index contributed by atoms with van der Waals surface area (Å²) in [6.45, 7) is 3.61. The molecule has 2 aliphatic rings. The Hall–Kier alpha value is -1.17. The van der Waals surface area contributed by atoms with E-state index < -0.39 is 5.60 Å². The van der Waals surface area contributed by atoms with Crippen LogP contribution in [0.15, 0.2) is 24.0 Å². The van der Waals surface area contributed by atoms with Gasteiger partial charge in [-0.05, 0) is 12.2 Å². The van der Waals surface area contributed by atoms with Crippen LogP contribution in [-0.4, -0.2) is 61.9 Å². The first-order valence-corrected chi connectivity index (χ1v) is 6.11. The van der Waals surface area contributed by atoms with Gasteiger partial charge in [-0.1, -0.05) is 6.08 Å². The van der Waals surface area contributed by atoms with Crippen molar-refractivity contribution < 1.29 is 19.4 Å². The van der Waals surface area contributed by atoms with E-state index in [1.54, 1.807) is 19.3 Å². The number of rotatable bonds is 4. The molecule has 0 radical (unpaired) electrons. The fourth-order valence-electron chi connectivity index (χ4n) is 2.28. The number of carbonyl (C=O) groups is 1. The Morgan fingerprint density at radius 3 is 2.89 bits per heavy atom. The minimum atomic E-state index is -0.836. The highest BCUT2D eigenvalue weighted by Gasteiger charge is 2.37. The molecule has 18 heavy (non-hydrogen) atoms. The third-order valence-electron chi connectivity index (χ3n) is 3.46. The zero-order valence-electron chi connectivity index (χ0n) is 10.5. The summed E-state index contributed by atoms with van der Waals surface area (Å²) >= 11 is 0. The van der Waals surface area contributed by atoms with Crippen LogP contribution in [0.5, 0.6) is 0 Å². The first-order valence-electron chi connectivity index (χ1n) is 6.11. The first-order chi connectivity index (χ1) is 8.70. The Labute approximate surface area is 107 Å². The van der Waals surface area contributed by atoms with Crippen LogP contribution >= 0.6 is 0 Å². The summed E-state index contributed by atoms with van der Waals surface area (Å²) in [4.78, 5) is 12.9. The number of hydrogen-bond acceptors (Lipinski definition) is 5. The number of nitrogens with zero attached hydrogens (tertiary/aromatic N) is 1. The van der Waals surface area contributed by atoms with E-state index in [-0.39, 0.29) is 11.7 Å². The Morgan fingerprint density at radius 1 is 1.61 bits per heavy atom. The normalized spacial score (nSPS) is 33.2. The smallest absolute Gasteiger partial charge is 0.155 e. The molecule has 2 rings (SSSR count). The first kappa shape index (κ1) is 13.3. The van der Waals surface area contributed by atoms with E-state index in [1.807, 2.05) is 0 Å². The number of methoxy groups -OCH3 is 1. The van der Waals surface area contributed by atoms with E-state index in [1.165, 1.54) is 6.08 Å². The molecule has 0 saturated carbocycles. The van der Waals surface area contributed by atoms with Gasteiger partial charge in [0, 0.05) is 26.7 Å². The van der Waals surface area contributed by atoms with E-state index in [9.17, 15) is 9.90 Å². The van der Waals surface area contributed by atoms with Crippen LogP contribution in [0.3, 0.4) is 0 Å². The zero-order chi connectivity index (χ0) is 13.0. The number of hydrogen-bond donors (Lipinski definition) is 1. The molecule has 5 heteroatoms. The van der Waals surface area contributed by atoms with Gasteiger partial charge in [0.1, 0.15) is 12.0 Å². The fraction of sp³-hybridized carbons (Fsp3) is 0.615. The summed E-state index contributed by atoms with van der Waals surface area (Å²) in [6, 6.07) is 0. The lowest BCUT2D eigenvalue weighted by Crippen LogP contribution is -2.49. The lowest BCUT2D eigenvalue weighted by Gasteiger charge is -2.37. The van der Waals surface area contributed by atoms with Gasteiger partial charge in [-0.15, -0.1) is 0 Å². The maximum Gasteiger partial charge on any atom is 0.155 e. The van der Waals surface area contributed by atoms with Crippen LogP contribution in [0.1, 0.15) is 0 Å². The molecule has 0 bridgehead atoms. The Kier molecular flexibility index (Phi) is 4.16. The van der Waals surface area contributed by atoms with Gasteiger partial charge in [0.05, 0.1) is 19.1 Å². The molecule has 1 saturated heterocycles. The van der Waals surface area contributed by atoms with Crippen molar-refractivity contribution in [3.8, 4) is 0 Å². The quantitative estimate of drug-likeness (QED) is 0.585. The molecule has 1 heterocycles. The largest absolute Gasteiger partial charge is 0.509 e. The number of ether oxygens (including phenoxy) is 2. The second-order valence-corrected chi connectivity index (χ2v) is 4.61. The molecule has 1 N–H and O–H groups in total. The molecule has 1 aliphatic heterocycles. The van der Waals surface area contributed by atoms with Crippen molar-refractivity contribution in [3.63, 3.8) is 0 Å². The molecule has 5 nitrogen and oxygen atoms in total. The van der Waals surface area contributed by atoms with Crippen LogP contribution in [0.2, 0.25) is 0 Å². The van der Waals surface area contributed by atoms with Crippen molar-refractivity contribution in [2.45, 2.75) is 5.60 Å². The minimum Gasteiger partial charge on any atom is -0.509 e. The molecule has 0 aromatic carbocycles.